The van der Waals surface area contributed by atoms with Gasteiger partial charge in [0, 0.05) is 59.6 Å². The topological polar surface area (TPSA) is 103 Å². The van der Waals surface area contributed by atoms with Gasteiger partial charge in [0.05, 0.1) is 22.9 Å². The highest BCUT2D eigenvalue weighted by molar-refractivity contribution is 6.01. The molecular formula is C32H33FN8. The number of halogens is 1. The number of nitrogens with two attached hydrogens (primary N) is 1. The molecule has 0 saturated carbocycles. The lowest BCUT2D eigenvalue weighted by molar-refractivity contribution is 0.376. The molecule has 0 spiro atoms. The zero-order chi connectivity index (χ0) is 28.7. The van der Waals surface area contributed by atoms with E-state index in [2.05, 4.69) is 54.3 Å². The highest BCUT2D eigenvalue weighted by Crippen LogP contribution is 2.35. The Hall–Kier alpha value is -4.44. The zero-order valence-corrected chi connectivity index (χ0v) is 23.6. The Bertz CT molecular complexity index is 1850. The van der Waals surface area contributed by atoms with Crippen molar-refractivity contribution in [2.45, 2.75) is 12.6 Å². The summed E-state index contributed by atoms with van der Waals surface area (Å²) in [5.41, 5.74) is 15.4. The van der Waals surface area contributed by atoms with Gasteiger partial charge in [0.2, 0.25) is 0 Å². The van der Waals surface area contributed by atoms with Crippen LogP contribution in [0.4, 0.5) is 4.39 Å². The Balaban J connectivity index is 1.41. The van der Waals surface area contributed by atoms with Gasteiger partial charge in [-0.15, -0.1) is 0 Å². The summed E-state index contributed by atoms with van der Waals surface area (Å²) in [5, 5.41) is 9.74. The van der Waals surface area contributed by atoms with E-state index < -0.39 is 0 Å². The molecule has 0 aliphatic rings. The third-order valence-corrected chi connectivity index (χ3v) is 7.21. The first-order valence-corrected chi connectivity index (χ1v) is 13.5. The number of nitrogens with one attached hydrogen (secondary N) is 2. The van der Waals surface area contributed by atoms with Gasteiger partial charge in [-0.3, -0.25) is 15.1 Å². The van der Waals surface area contributed by atoms with Crippen LogP contribution in [-0.2, 0) is 6.54 Å². The Morgan fingerprint density at radius 2 is 1.63 bits per heavy atom. The molecule has 208 valence electrons. The molecule has 0 fully saturated rings. The quantitative estimate of drug-likeness (QED) is 0.229. The van der Waals surface area contributed by atoms with Crippen molar-refractivity contribution in [3.8, 4) is 33.6 Å². The fraction of sp³-hybridized carbons (Fsp3) is 0.219. The van der Waals surface area contributed by atoms with Crippen molar-refractivity contribution in [1.29, 1.82) is 0 Å². The first kappa shape index (κ1) is 26.8. The van der Waals surface area contributed by atoms with Gasteiger partial charge in [0.25, 0.3) is 0 Å². The minimum atomic E-state index is -0.325. The fourth-order valence-corrected chi connectivity index (χ4v) is 5.39. The van der Waals surface area contributed by atoms with E-state index in [-0.39, 0.29) is 11.9 Å². The molecule has 4 N–H and O–H groups in total. The predicted molar refractivity (Wildman–Crippen MR) is 163 cm³/mol. The van der Waals surface area contributed by atoms with E-state index in [1.54, 1.807) is 12.4 Å². The van der Waals surface area contributed by atoms with Crippen LogP contribution in [0, 0.1) is 5.82 Å². The maximum atomic E-state index is 14.8. The normalized spacial score (nSPS) is 12.7. The van der Waals surface area contributed by atoms with Crippen molar-refractivity contribution in [1.82, 2.24) is 34.9 Å². The molecule has 2 aromatic carbocycles. The molecule has 9 heteroatoms. The highest BCUT2D eigenvalue weighted by atomic mass is 19.1. The molecule has 1 atom stereocenters. The number of pyridine rings is 2. The number of fused-ring (bicyclic) bond motifs is 2. The number of likely N-dealkylation sites (N-methyl/N-ethyl adjacent to an activating group) is 1. The summed E-state index contributed by atoms with van der Waals surface area (Å²) in [6.45, 7) is 1.43. The van der Waals surface area contributed by atoms with Gasteiger partial charge < -0.3 is 20.5 Å². The first-order chi connectivity index (χ1) is 19.7. The van der Waals surface area contributed by atoms with E-state index in [1.165, 1.54) is 12.1 Å². The number of H-pyrrole nitrogens is 2. The smallest absolute Gasteiger partial charge is 0.124 e. The van der Waals surface area contributed by atoms with Gasteiger partial charge in [-0.25, -0.2) is 4.39 Å². The van der Waals surface area contributed by atoms with Crippen LogP contribution in [-0.4, -0.2) is 69.7 Å². The van der Waals surface area contributed by atoms with Gasteiger partial charge in [-0.1, -0.05) is 6.07 Å². The molecule has 0 bridgehead atoms. The first-order valence-electron chi connectivity index (χ1n) is 13.5. The summed E-state index contributed by atoms with van der Waals surface area (Å²) in [6.07, 6.45) is 7.34. The maximum Gasteiger partial charge on any atom is 0.124 e. The SMILES string of the molecule is CN(C)Cc1cncc(-c2ccc3[nH]nc(-c4cc5c(-c6cc(F)cc(C(N)CN(C)C)c6)cncc5[nH]4)c3c2)c1. The van der Waals surface area contributed by atoms with Crippen molar-refractivity contribution < 1.29 is 4.39 Å². The summed E-state index contributed by atoms with van der Waals surface area (Å²) in [5.74, 6) is -0.325. The molecule has 8 nitrogen and oxygen atoms in total. The third kappa shape index (κ3) is 5.47. The van der Waals surface area contributed by atoms with Crippen LogP contribution in [0.3, 0.4) is 0 Å². The van der Waals surface area contributed by atoms with Gasteiger partial charge >= 0.3 is 0 Å². The van der Waals surface area contributed by atoms with Crippen LogP contribution in [0.15, 0.2) is 73.3 Å². The summed E-state index contributed by atoms with van der Waals surface area (Å²) in [7, 11) is 8.00. The molecule has 4 aromatic heterocycles. The molecule has 0 radical (unpaired) electrons. The predicted octanol–water partition coefficient (Wildman–Crippen LogP) is 5.60. The average Bonchev–Trinajstić information content (AvgIpc) is 3.55. The van der Waals surface area contributed by atoms with Gasteiger partial charge in [-0.05, 0) is 92.9 Å². The summed E-state index contributed by atoms with van der Waals surface area (Å²) in [6, 6.07) is 15.2. The highest BCUT2D eigenvalue weighted by Gasteiger charge is 2.17. The van der Waals surface area contributed by atoms with E-state index in [4.69, 9.17) is 5.73 Å². The molecule has 6 rings (SSSR count). The number of rotatable bonds is 8. The number of hydrogen-bond donors (Lipinski definition) is 3. The van der Waals surface area contributed by atoms with Crippen molar-refractivity contribution in [3.05, 3.63) is 90.3 Å². The Labute approximate surface area is 238 Å². The van der Waals surface area contributed by atoms with Crippen molar-refractivity contribution >= 4 is 21.8 Å². The van der Waals surface area contributed by atoms with Crippen LogP contribution in [0.2, 0.25) is 0 Å². The molecule has 1 unspecified atom stereocenters. The lowest BCUT2D eigenvalue weighted by Crippen LogP contribution is -2.26. The van der Waals surface area contributed by atoms with Crippen LogP contribution < -0.4 is 5.73 Å². The summed E-state index contributed by atoms with van der Waals surface area (Å²) >= 11 is 0. The molecular weight excluding hydrogens is 515 g/mol. The molecule has 4 heterocycles. The van der Waals surface area contributed by atoms with E-state index >= 15 is 0 Å². The van der Waals surface area contributed by atoms with Crippen LogP contribution in [0.5, 0.6) is 0 Å². The second kappa shape index (κ2) is 10.9. The Morgan fingerprint density at radius 1 is 0.805 bits per heavy atom. The molecule has 6 aromatic rings. The molecule has 0 aliphatic heterocycles. The van der Waals surface area contributed by atoms with E-state index in [0.29, 0.717) is 6.54 Å². The number of hydrogen-bond acceptors (Lipinski definition) is 6. The molecule has 41 heavy (non-hydrogen) atoms. The largest absolute Gasteiger partial charge is 0.352 e. The molecule has 0 aliphatic carbocycles. The van der Waals surface area contributed by atoms with Crippen LogP contribution in [0.25, 0.3) is 55.4 Å². The minimum Gasteiger partial charge on any atom is -0.352 e. The summed E-state index contributed by atoms with van der Waals surface area (Å²) in [4.78, 5) is 16.5. The van der Waals surface area contributed by atoms with Crippen LogP contribution in [0.1, 0.15) is 17.2 Å². The summed E-state index contributed by atoms with van der Waals surface area (Å²) < 4.78 is 14.8. The van der Waals surface area contributed by atoms with Crippen molar-refractivity contribution in [2.75, 3.05) is 34.7 Å². The number of nitrogens with zero attached hydrogens (tertiary/aromatic N) is 5. The van der Waals surface area contributed by atoms with E-state index in [0.717, 1.165) is 73.1 Å². The number of aromatic nitrogens is 5. The Morgan fingerprint density at radius 3 is 2.44 bits per heavy atom. The van der Waals surface area contributed by atoms with Gasteiger partial charge in [-0.2, -0.15) is 5.10 Å². The van der Waals surface area contributed by atoms with Gasteiger partial charge in [0.1, 0.15) is 11.5 Å². The van der Waals surface area contributed by atoms with Crippen molar-refractivity contribution in [2.24, 2.45) is 5.73 Å². The monoisotopic (exact) mass is 548 g/mol. The number of aromatic amines is 2. The molecule has 0 saturated heterocycles. The Kier molecular flexibility index (Phi) is 7.08. The molecule has 0 amide bonds. The average molecular weight is 549 g/mol. The van der Waals surface area contributed by atoms with E-state index in [9.17, 15) is 4.39 Å². The van der Waals surface area contributed by atoms with Crippen LogP contribution >= 0.6 is 0 Å². The second-order valence-electron chi connectivity index (χ2n) is 11.1. The van der Waals surface area contributed by atoms with Crippen molar-refractivity contribution in [3.63, 3.8) is 0 Å². The maximum absolute atomic E-state index is 14.8. The lowest BCUT2D eigenvalue weighted by atomic mass is 9.98. The fourth-order valence-electron chi connectivity index (χ4n) is 5.39. The number of benzene rings is 2. The van der Waals surface area contributed by atoms with E-state index in [1.807, 2.05) is 57.6 Å². The standard InChI is InChI=1S/C32H33FN8/c1-40(2)17-19-7-23(14-35-13-19)20-5-6-29-26(11-20)32(39-38-29)30-12-25-27(15-36-16-31(25)37-30)21-8-22(10-24(33)9-21)28(34)18-41(3)4/h5-16,28,37H,17-18,34H2,1-4H3,(H,38,39). The third-order valence-electron chi connectivity index (χ3n) is 7.21. The van der Waals surface area contributed by atoms with Gasteiger partial charge in [0.15, 0.2) is 0 Å². The minimum absolute atomic E-state index is 0.309. The second-order valence-corrected chi connectivity index (χ2v) is 11.1. The zero-order valence-electron chi connectivity index (χ0n) is 23.6. The lowest BCUT2D eigenvalue weighted by Gasteiger charge is -2.18.